The largest absolute Gasteiger partial charge is 0.324 e. The normalized spacial score (nSPS) is 12.2. The molecular formula is C14H12Cl2N2O2. The number of nitro benzene ring substituents is 1. The van der Waals surface area contributed by atoms with Crippen LogP contribution in [0.25, 0.3) is 0 Å². The fraction of sp³-hybridized carbons (Fsp3) is 0.143. The van der Waals surface area contributed by atoms with Crippen molar-refractivity contribution in [3.63, 3.8) is 0 Å². The fourth-order valence-corrected chi connectivity index (χ4v) is 2.56. The minimum absolute atomic E-state index is 0.0630. The van der Waals surface area contributed by atoms with Gasteiger partial charge in [-0.05, 0) is 24.1 Å². The number of nitro groups is 1. The van der Waals surface area contributed by atoms with Gasteiger partial charge in [0.15, 0.2) is 0 Å². The van der Waals surface area contributed by atoms with Gasteiger partial charge in [-0.3, -0.25) is 10.1 Å². The van der Waals surface area contributed by atoms with Gasteiger partial charge < -0.3 is 5.73 Å². The Bertz CT molecular complexity index is 647. The van der Waals surface area contributed by atoms with E-state index in [2.05, 4.69) is 0 Å². The van der Waals surface area contributed by atoms with Crippen LogP contribution >= 0.6 is 23.2 Å². The molecular weight excluding hydrogens is 299 g/mol. The molecule has 2 N–H and O–H groups in total. The Labute approximate surface area is 126 Å². The summed E-state index contributed by atoms with van der Waals surface area (Å²) in [5.74, 6) is 0. The van der Waals surface area contributed by atoms with Gasteiger partial charge in [0.05, 0.1) is 4.92 Å². The van der Waals surface area contributed by atoms with Gasteiger partial charge in [0.1, 0.15) is 0 Å². The van der Waals surface area contributed by atoms with Crippen LogP contribution < -0.4 is 5.73 Å². The van der Waals surface area contributed by atoms with Gasteiger partial charge in [0.25, 0.3) is 5.69 Å². The Kier molecular flexibility index (Phi) is 4.60. The third-order valence-electron chi connectivity index (χ3n) is 2.99. The smallest absolute Gasteiger partial charge is 0.272 e. The highest BCUT2D eigenvalue weighted by Crippen LogP contribution is 2.29. The first kappa shape index (κ1) is 14.8. The van der Waals surface area contributed by atoms with Crippen molar-refractivity contribution >= 4 is 28.9 Å². The molecule has 0 aliphatic heterocycles. The van der Waals surface area contributed by atoms with Crippen molar-refractivity contribution < 1.29 is 4.92 Å². The lowest BCUT2D eigenvalue weighted by molar-refractivity contribution is -0.385. The topological polar surface area (TPSA) is 69.2 Å². The fourth-order valence-electron chi connectivity index (χ4n) is 2.01. The Morgan fingerprint density at radius 1 is 1.20 bits per heavy atom. The molecule has 1 atom stereocenters. The van der Waals surface area contributed by atoms with E-state index in [4.69, 9.17) is 28.9 Å². The van der Waals surface area contributed by atoms with Gasteiger partial charge in [0, 0.05) is 27.7 Å². The number of hydrogen-bond acceptors (Lipinski definition) is 3. The van der Waals surface area contributed by atoms with Crippen LogP contribution in [0.15, 0.2) is 42.5 Å². The van der Waals surface area contributed by atoms with Crippen LogP contribution in [-0.2, 0) is 6.42 Å². The minimum Gasteiger partial charge on any atom is -0.324 e. The molecule has 104 valence electrons. The summed E-state index contributed by atoms with van der Waals surface area (Å²) in [7, 11) is 0. The van der Waals surface area contributed by atoms with E-state index in [1.54, 1.807) is 36.4 Å². The predicted molar refractivity (Wildman–Crippen MR) is 80.2 cm³/mol. The molecule has 0 aromatic heterocycles. The first-order valence-electron chi connectivity index (χ1n) is 5.92. The number of hydrogen-bond donors (Lipinski definition) is 1. The summed E-state index contributed by atoms with van der Waals surface area (Å²) in [6, 6.07) is 11.2. The van der Waals surface area contributed by atoms with Crippen molar-refractivity contribution in [1.82, 2.24) is 0 Å². The SMILES string of the molecule is NC(Cc1ccccc1[N+](=O)[O-])c1ccc(Cl)cc1Cl. The van der Waals surface area contributed by atoms with E-state index in [1.165, 1.54) is 6.07 Å². The van der Waals surface area contributed by atoms with Crippen molar-refractivity contribution in [3.05, 3.63) is 73.8 Å². The standard InChI is InChI=1S/C14H12Cl2N2O2/c15-10-5-6-11(12(16)8-10)13(17)7-9-3-1-2-4-14(9)18(19)20/h1-6,8,13H,7,17H2. The predicted octanol–water partition coefficient (Wildman–Crippen LogP) is 4.14. The molecule has 1 unspecified atom stereocenters. The molecule has 0 bridgehead atoms. The van der Waals surface area contributed by atoms with E-state index < -0.39 is 11.0 Å². The Morgan fingerprint density at radius 2 is 1.90 bits per heavy atom. The van der Waals surface area contributed by atoms with Crippen LogP contribution in [-0.4, -0.2) is 4.92 Å². The zero-order chi connectivity index (χ0) is 14.7. The van der Waals surface area contributed by atoms with Gasteiger partial charge in [-0.25, -0.2) is 0 Å². The molecule has 0 saturated carbocycles. The van der Waals surface area contributed by atoms with E-state index in [0.717, 1.165) is 0 Å². The number of rotatable bonds is 4. The van der Waals surface area contributed by atoms with Crippen molar-refractivity contribution in [2.45, 2.75) is 12.5 Å². The average molecular weight is 311 g/mol. The van der Waals surface area contributed by atoms with Crippen LogP contribution in [0.1, 0.15) is 17.2 Å². The highest BCUT2D eigenvalue weighted by molar-refractivity contribution is 6.35. The van der Waals surface area contributed by atoms with E-state index in [-0.39, 0.29) is 5.69 Å². The molecule has 2 aromatic carbocycles. The highest BCUT2D eigenvalue weighted by Gasteiger charge is 2.17. The number of halogens is 2. The van der Waals surface area contributed by atoms with E-state index >= 15 is 0 Å². The van der Waals surface area contributed by atoms with E-state index in [0.29, 0.717) is 27.6 Å². The lowest BCUT2D eigenvalue weighted by atomic mass is 9.98. The molecule has 6 heteroatoms. The van der Waals surface area contributed by atoms with Crippen molar-refractivity contribution in [2.75, 3.05) is 0 Å². The molecule has 2 rings (SSSR count). The molecule has 0 radical (unpaired) electrons. The first-order chi connectivity index (χ1) is 9.49. The van der Waals surface area contributed by atoms with E-state index in [9.17, 15) is 10.1 Å². The molecule has 0 amide bonds. The zero-order valence-corrected chi connectivity index (χ0v) is 11.9. The zero-order valence-electron chi connectivity index (χ0n) is 10.4. The quantitative estimate of drug-likeness (QED) is 0.681. The second-order valence-electron chi connectivity index (χ2n) is 4.36. The lowest BCUT2D eigenvalue weighted by Crippen LogP contribution is -2.14. The number of nitrogens with zero attached hydrogens (tertiary/aromatic N) is 1. The Hall–Kier alpha value is -1.62. The second-order valence-corrected chi connectivity index (χ2v) is 5.21. The number of nitrogens with two attached hydrogens (primary N) is 1. The van der Waals surface area contributed by atoms with Gasteiger partial charge in [-0.2, -0.15) is 0 Å². The van der Waals surface area contributed by atoms with Gasteiger partial charge in [0.2, 0.25) is 0 Å². The van der Waals surface area contributed by atoms with Gasteiger partial charge in [-0.15, -0.1) is 0 Å². The summed E-state index contributed by atoms with van der Waals surface area (Å²) in [4.78, 5) is 10.6. The first-order valence-corrected chi connectivity index (χ1v) is 6.67. The summed E-state index contributed by atoms with van der Waals surface area (Å²) in [6.45, 7) is 0. The van der Waals surface area contributed by atoms with Crippen LogP contribution in [0, 0.1) is 10.1 Å². The lowest BCUT2D eigenvalue weighted by Gasteiger charge is -2.14. The molecule has 2 aromatic rings. The van der Waals surface area contributed by atoms with Gasteiger partial charge >= 0.3 is 0 Å². The molecule has 0 heterocycles. The minimum atomic E-state index is -0.430. The summed E-state index contributed by atoms with van der Waals surface area (Å²) < 4.78 is 0. The van der Waals surface area contributed by atoms with Crippen LogP contribution in [0.2, 0.25) is 10.0 Å². The van der Waals surface area contributed by atoms with Crippen molar-refractivity contribution in [3.8, 4) is 0 Å². The monoisotopic (exact) mass is 310 g/mol. The Balaban J connectivity index is 2.28. The van der Waals surface area contributed by atoms with Crippen molar-refractivity contribution in [2.24, 2.45) is 5.73 Å². The van der Waals surface area contributed by atoms with E-state index in [1.807, 2.05) is 0 Å². The summed E-state index contributed by atoms with van der Waals surface area (Å²) in [5, 5.41) is 12.0. The molecule has 0 fully saturated rings. The summed E-state index contributed by atoms with van der Waals surface area (Å²) in [5.41, 5.74) is 7.46. The maximum atomic E-state index is 11.0. The Morgan fingerprint density at radius 3 is 2.55 bits per heavy atom. The third-order valence-corrected chi connectivity index (χ3v) is 3.55. The van der Waals surface area contributed by atoms with Crippen molar-refractivity contribution in [1.29, 1.82) is 0 Å². The highest BCUT2D eigenvalue weighted by atomic mass is 35.5. The molecule has 0 spiro atoms. The van der Waals surface area contributed by atoms with Crippen LogP contribution in [0.3, 0.4) is 0 Å². The number of para-hydroxylation sites is 1. The molecule has 0 saturated heterocycles. The molecule has 0 aliphatic rings. The molecule has 20 heavy (non-hydrogen) atoms. The molecule has 4 nitrogen and oxygen atoms in total. The van der Waals surface area contributed by atoms with Gasteiger partial charge in [-0.1, -0.05) is 47.5 Å². The van der Waals surface area contributed by atoms with Crippen LogP contribution in [0.4, 0.5) is 5.69 Å². The van der Waals surface area contributed by atoms with Crippen LogP contribution in [0.5, 0.6) is 0 Å². The maximum absolute atomic E-state index is 11.0. The number of benzene rings is 2. The molecule has 0 aliphatic carbocycles. The second kappa shape index (κ2) is 6.22. The summed E-state index contributed by atoms with van der Waals surface area (Å²) in [6.07, 6.45) is 0.332. The third kappa shape index (κ3) is 3.28. The summed E-state index contributed by atoms with van der Waals surface area (Å²) >= 11 is 11.9. The maximum Gasteiger partial charge on any atom is 0.272 e. The average Bonchev–Trinajstić information content (AvgIpc) is 2.38.